The molecule has 0 spiro atoms. The summed E-state index contributed by atoms with van der Waals surface area (Å²) in [6.45, 7) is 9.74. The maximum atomic E-state index is 3.74. The molecule has 0 radical (unpaired) electrons. The third-order valence-corrected chi connectivity index (χ3v) is 7.54. The van der Waals surface area contributed by atoms with Crippen LogP contribution in [0.15, 0.2) is 52.3 Å². The zero-order chi connectivity index (χ0) is 16.1. The summed E-state index contributed by atoms with van der Waals surface area (Å²) in [5, 5.41) is 3.74. The first-order valence-corrected chi connectivity index (χ1v) is 9.56. The summed E-state index contributed by atoms with van der Waals surface area (Å²) in [4.78, 5) is 2.69. The fraction of sp³-hybridized carbons (Fsp3) is 0.429. The molecule has 4 unspecified atom stereocenters. The van der Waals surface area contributed by atoms with Crippen LogP contribution in [-0.2, 0) is 0 Å². The maximum absolute atomic E-state index is 3.74. The van der Waals surface area contributed by atoms with Gasteiger partial charge in [0.1, 0.15) is 0 Å². The van der Waals surface area contributed by atoms with Crippen LogP contribution in [0.4, 0.5) is 11.4 Å². The van der Waals surface area contributed by atoms with Gasteiger partial charge in [0.2, 0.25) is 0 Å². The summed E-state index contributed by atoms with van der Waals surface area (Å²) in [7, 11) is 0. The number of anilines is 2. The molecular weight excluding hydrogens is 298 g/mol. The van der Waals surface area contributed by atoms with E-state index >= 15 is 0 Å². The topological polar surface area (TPSA) is 12.0 Å². The van der Waals surface area contributed by atoms with Gasteiger partial charge in [-0.1, -0.05) is 63.7 Å². The van der Waals surface area contributed by atoms with Crippen LogP contribution in [0.3, 0.4) is 0 Å². The van der Waals surface area contributed by atoms with Gasteiger partial charge in [0.15, 0.2) is 0 Å². The van der Waals surface area contributed by atoms with Crippen LogP contribution < -0.4 is 5.32 Å². The van der Waals surface area contributed by atoms with E-state index in [2.05, 4.69) is 75.5 Å². The fourth-order valence-electron chi connectivity index (χ4n) is 4.61. The molecule has 1 saturated carbocycles. The summed E-state index contributed by atoms with van der Waals surface area (Å²) in [6.07, 6.45) is 0. The van der Waals surface area contributed by atoms with Crippen LogP contribution in [0, 0.1) is 23.7 Å². The van der Waals surface area contributed by atoms with Crippen molar-refractivity contribution in [2.75, 3.05) is 5.32 Å². The lowest BCUT2D eigenvalue weighted by atomic mass is 9.82. The Morgan fingerprint density at radius 3 is 2.13 bits per heavy atom. The Morgan fingerprint density at radius 2 is 1.39 bits per heavy atom. The molecule has 2 aliphatic rings. The Kier molecular flexibility index (Phi) is 3.68. The van der Waals surface area contributed by atoms with E-state index in [1.54, 1.807) is 0 Å². The first-order valence-electron chi connectivity index (χ1n) is 8.74. The van der Waals surface area contributed by atoms with E-state index in [9.17, 15) is 0 Å². The zero-order valence-corrected chi connectivity index (χ0v) is 15.2. The average molecular weight is 324 g/mol. The molecule has 2 aromatic rings. The average Bonchev–Trinajstić information content (AvgIpc) is 2.76. The Bertz CT molecular complexity index is 724. The minimum Gasteiger partial charge on any atom is -0.353 e. The van der Waals surface area contributed by atoms with E-state index in [1.807, 2.05) is 11.8 Å². The van der Waals surface area contributed by atoms with Gasteiger partial charge in [0.05, 0.1) is 11.4 Å². The molecule has 2 heteroatoms. The molecule has 1 fully saturated rings. The number of para-hydroxylation sites is 2. The summed E-state index contributed by atoms with van der Waals surface area (Å²) in [6, 6.07) is 15.5. The second-order valence-electron chi connectivity index (χ2n) is 7.41. The molecule has 4 atom stereocenters. The van der Waals surface area contributed by atoms with Gasteiger partial charge in [0, 0.05) is 9.79 Å². The smallest absolute Gasteiger partial charge is 0.0561 e. The predicted octanol–water partition coefficient (Wildman–Crippen LogP) is 6.54. The summed E-state index contributed by atoms with van der Waals surface area (Å²) in [5.74, 6) is 3.68. The SMILES string of the molecule is CC1C(C)C(C)C(c2cccc3c2Nc2ccccc2S3)C1C. The van der Waals surface area contributed by atoms with Crippen LogP contribution in [0.2, 0.25) is 0 Å². The van der Waals surface area contributed by atoms with Crippen molar-refractivity contribution in [3.63, 3.8) is 0 Å². The largest absolute Gasteiger partial charge is 0.353 e. The Hall–Kier alpha value is -1.41. The minimum absolute atomic E-state index is 0.647. The van der Waals surface area contributed by atoms with Gasteiger partial charge in [-0.25, -0.2) is 0 Å². The quantitative estimate of drug-likeness (QED) is 0.546. The summed E-state index contributed by atoms with van der Waals surface area (Å²) >= 11 is 1.90. The van der Waals surface area contributed by atoms with Crippen molar-refractivity contribution in [1.82, 2.24) is 0 Å². The Labute approximate surface area is 143 Å². The molecule has 23 heavy (non-hydrogen) atoms. The van der Waals surface area contributed by atoms with Gasteiger partial charge in [0.25, 0.3) is 0 Å². The Morgan fingerprint density at radius 1 is 0.739 bits per heavy atom. The predicted molar refractivity (Wildman–Crippen MR) is 99.7 cm³/mol. The standard InChI is InChI=1S/C21H25NS/c1-12-13(2)15(4)20(14(12)3)16-8-7-11-19-21(16)22-17-9-5-6-10-18(17)23-19/h5-15,20,22H,1-4H3. The van der Waals surface area contributed by atoms with E-state index < -0.39 is 0 Å². The van der Waals surface area contributed by atoms with Crippen molar-refractivity contribution >= 4 is 23.1 Å². The van der Waals surface area contributed by atoms with Gasteiger partial charge in [-0.15, -0.1) is 0 Å². The molecule has 0 saturated heterocycles. The summed E-state index contributed by atoms with van der Waals surface area (Å²) < 4.78 is 0. The van der Waals surface area contributed by atoms with Crippen molar-refractivity contribution in [1.29, 1.82) is 0 Å². The minimum atomic E-state index is 0.647. The fourth-order valence-corrected chi connectivity index (χ4v) is 5.64. The third kappa shape index (κ3) is 2.30. The summed E-state index contributed by atoms with van der Waals surface area (Å²) in [5.41, 5.74) is 4.11. The number of fused-ring (bicyclic) bond motifs is 2. The van der Waals surface area contributed by atoms with Gasteiger partial charge in [-0.05, 0) is 53.4 Å². The van der Waals surface area contributed by atoms with Gasteiger partial charge in [-0.2, -0.15) is 0 Å². The molecule has 0 amide bonds. The molecule has 2 aromatic carbocycles. The molecular formula is C21H25NS. The number of benzene rings is 2. The second-order valence-corrected chi connectivity index (χ2v) is 8.49. The van der Waals surface area contributed by atoms with E-state index in [4.69, 9.17) is 0 Å². The van der Waals surface area contributed by atoms with Crippen molar-refractivity contribution in [2.24, 2.45) is 23.7 Å². The van der Waals surface area contributed by atoms with Crippen molar-refractivity contribution < 1.29 is 0 Å². The zero-order valence-electron chi connectivity index (χ0n) is 14.3. The molecule has 0 bridgehead atoms. The number of rotatable bonds is 1. The Balaban J connectivity index is 1.78. The third-order valence-electron chi connectivity index (χ3n) is 6.41. The first kappa shape index (κ1) is 15.1. The highest BCUT2D eigenvalue weighted by Gasteiger charge is 2.43. The van der Waals surface area contributed by atoms with Gasteiger partial charge in [-0.3, -0.25) is 0 Å². The molecule has 1 heterocycles. The van der Waals surface area contributed by atoms with Crippen LogP contribution in [0.5, 0.6) is 0 Å². The lowest BCUT2D eigenvalue weighted by Gasteiger charge is -2.29. The number of hydrogen-bond donors (Lipinski definition) is 1. The van der Waals surface area contributed by atoms with Crippen LogP contribution in [-0.4, -0.2) is 0 Å². The normalized spacial score (nSPS) is 32.1. The highest BCUT2D eigenvalue weighted by atomic mass is 32.2. The van der Waals surface area contributed by atoms with Crippen LogP contribution in [0.25, 0.3) is 0 Å². The van der Waals surface area contributed by atoms with Crippen LogP contribution >= 0.6 is 11.8 Å². The molecule has 1 aliphatic carbocycles. The highest BCUT2D eigenvalue weighted by Crippen LogP contribution is 2.55. The van der Waals surface area contributed by atoms with Crippen molar-refractivity contribution in [3.05, 3.63) is 48.0 Å². The van der Waals surface area contributed by atoms with E-state index in [0.717, 1.165) is 23.7 Å². The monoisotopic (exact) mass is 323 g/mol. The van der Waals surface area contributed by atoms with Gasteiger partial charge >= 0.3 is 0 Å². The second kappa shape index (κ2) is 5.59. The number of hydrogen-bond acceptors (Lipinski definition) is 2. The first-order chi connectivity index (χ1) is 11.1. The van der Waals surface area contributed by atoms with Gasteiger partial charge < -0.3 is 5.32 Å². The van der Waals surface area contributed by atoms with E-state index in [0.29, 0.717) is 5.92 Å². The number of nitrogens with one attached hydrogen (secondary N) is 1. The molecule has 4 rings (SSSR count). The molecule has 1 N–H and O–H groups in total. The molecule has 1 aliphatic heterocycles. The van der Waals surface area contributed by atoms with Crippen molar-refractivity contribution in [3.8, 4) is 0 Å². The highest BCUT2D eigenvalue weighted by molar-refractivity contribution is 7.99. The van der Waals surface area contributed by atoms with E-state index in [1.165, 1.54) is 26.7 Å². The molecule has 120 valence electrons. The molecule has 0 aromatic heterocycles. The van der Waals surface area contributed by atoms with E-state index in [-0.39, 0.29) is 0 Å². The van der Waals surface area contributed by atoms with Crippen LogP contribution in [0.1, 0.15) is 39.2 Å². The lowest BCUT2D eigenvalue weighted by molar-refractivity contribution is 0.352. The van der Waals surface area contributed by atoms with Crippen molar-refractivity contribution in [2.45, 2.75) is 43.4 Å². The molecule has 1 nitrogen and oxygen atoms in total. The maximum Gasteiger partial charge on any atom is 0.0561 e. The lowest BCUT2D eigenvalue weighted by Crippen LogP contribution is -2.14.